The van der Waals surface area contributed by atoms with Gasteiger partial charge in [-0.2, -0.15) is 19.6 Å². The number of hydrogen-bond acceptors (Lipinski definition) is 5. The van der Waals surface area contributed by atoms with E-state index in [0.717, 1.165) is 0 Å². The van der Waals surface area contributed by atoms with Crippen LogP contribution < -0.4 is 11.1 Å². The highest BCUT2D eigenvalue weighted by Gasteiger charge is 2.25. The van der Waals surface area contributed by atoms with Crippen LogP contribution in [0.2, 0.25) is 5.15 Å². The lowest BCUT2D eigenvalue weighted by atomic mass is 10.0. The first-order chi connectivity index (χ1) is 13.8. The summed E-state index contributed by atoms with van der Waals surface area (Å²) in [5, 5.41) is 7.30. The molecule has 0 aliphatic rings. The van der Waals surface area contributed by atoms with Crippen LogP contribution in [0.1, 0.15) is 32.8 Å². The van der Waals surface area contributed by atoms with Crippen LogP contribution in [-0.4, -0.2) is 32.2 Å². The lowest BCUT2D eigenvalue weighted by molar-refractivity contribution is 0.556. The van der Waals surface area contributed by atoms with Crippen molar-refractivity contribution in [1.29, 1.82) is 0 Å². The van der Waals surface area contributed by atoms with Crippen LogP contribution in [0.25, 0.3) is 16.9 Å². The van der Waals surface area contributed by atoms with Gasteiger partial charge in [-0.15, -0.1) is 12.4 Å². The third-order valence-corrected chi connectivity index (χ3v) is 4.81. The summed E-state index contributed by atoms with van der Waals surface area (Å²) in [6.45, 7) is 6.37. The van der Waals surface area contributed by atoms with Crippen molar-refractivity contribution in [1.82, 2.24) is 19.6 Å². The zero-order chi connectivity index (χ0) is 21.1. The third kappa shape index (κ3) is 4.81. The van der Waals surface area contributed by atoms with Gasteiger partial charge >= 0.3 is 0 Å². The van der Waals surface area contributed by atoms with Crippen LogP contribution in [0.15, 0.2) is 18.5 Å². The van der Waals surface area contributed by atoms with E-state index in [1.165, 1.54) is 23.0 Å². The predicted molar refractivity (Wildman–Crippen MR) is 117 cm³/mol. The van der Waals surface area contributed by atoms with Crippen LogP contribution in [0.3, 0.4) is 0 Å². The van der Waals surface area contributed by atoms with Crippen LogP contribution in [-0.2, 0) is 0 Å². The van der Waals surface area contributed by atoms with Crippen molar-refractivity contribution in [3.8, 4) is 23.0 Å². The molecule has 10 heteroatoms. The number of hydrogen-bond donors (Lipinski definition) is 2. The third-order valence-electron chi connectivity index (χ3n) is 4.54. The second-order valence-corrected chi connectivity index (χ2v) is 7.29. The molecule has 0 aliphatic heterocycles. The van der Waals surface area contributed by atoms with Crippen molar-refractivity contribution in [2.24, 2.45) is 11.7 Å². The average molecular weight is 455 g/mol. The van der Waals surface area contributed by atoms with Gasteiger partial charge in [-0.1, -0.05) is 37.3 Å². The number of anilines is 1. The van der Waals surface area contributed by atoms with Gasteiger partial charge in [-0.05, 0) is 25.0 Å². The predicted octanol–water partition coefficient (Wildman–Crippen LogP) is 4.30. The van der Waals surface area contributed by atoms with E-state index >= 15 is 0 Å². The van der Waals surface area contributed by atoms with Crippen LogP contribution in [0.4, 0.5) is 14.6 Å². The summed E-state index contributed by atoms with van der Waals surface area (Å²) >= 11 is 6.34. The van der Waals surface area contributed by atoms with Crippen molar-refractivity contribution in [2.45, 2.75) is 33.2 Å². The second-order valence-electron chi connectivity index (χ2n) is 6.93. The molecule has 3 aromatic rings. The maximum absolute atomic E-state index is 15.0. The summed E-state index contributed by atoms with van der Waals surface area (Å²) < 4.78 is 31.4. The molecule has 0 bridgehead atoms. The highest BCUT2D eigenvalue weighted by molar-refractivity contribution is 6.33. The van der Waals surface area contributed by atoms with Crippen molar-refractivity contribution < 1.29 is 8.78 Å². The van der Waals surface area contributed by atoms with E-state index in [1.54, 1.807) is 0 Å². The average Bonchev–Trinajstić information content (AvgIpc) is 3.11. The maximum atomic E-state index is 15.0. The molecule has 1 aromatic carbocycles. The van der Waals surface area contributed by atoms with E-state index in [9.17, 15) is 8.78 Å². The Balaban J connectivity index is 0.00000320. The first-order valence-electron chi connectivity index (χ1n) is 9.17. The number of benzene rings is 1. The maximum Gasteiger partial charge on any atom is 0.255 e. The fourth-order valence-corrected chi connectivity index (χ4v) is 2.93. The number of nitrogens with two attached hydrogens (primary N) is 1. The Morgan fingerprint density at radius 2 is 1.87 bits per heavy atom. The van der Waals surface area contributed by atoms with E-state index in [1.807, 2.05) is 20.8 Å². The van der Waals surface area contributed by atoms with Crippen LogP contribution in [0.5, 0.6) is 0 Å². The van der Waals surface area contributed by atoms with Gasteiger partial charge in [0.1, 0.15) is 28.9 Å². The molecule has 30 heavy (non-hydrogen) atoms. The monoisotopic (exact) mass is 454 g/mol. The van der Waals surface area contributed by atoms with Crippen molar-refractivity contribution in [3.63, 3.8) is 0 Å². The molecule has 3 N–H and O–H groups in total. The Kier molecular flexibility index (Phi) is 7.96. The Labute approximate surface area is 184 Å². The minimum Gasteiger partial charge on any atom is -0.367 e. The molecule has 0 saturated heterocycles. The second kappa shape index (κ2) is 10.0. The highest BCUT2D eigenvalue weighted by Crippen LogP contribution is 2.38. The van der Waals surface area contributed by atoms with Gasteiger partial charge in [0, 0.05) is 24.6 Å². The number of rotatable bonds is 5. The molecule has 160 valence electrons. The minimum atomic E-state index is -0.800. The molecule has 0 unspecified atom stereocenters. The molecule has 0 amide bonds. The zero-order valence-electron chi connectivity index (χ0n) is 16.7. The Bertz CT molecular complexity index is 1080. The SMILES string of the molecule is CC(C)[C@@H](C)Nc1c(-c2c(F)cc(C#CCCN)cc2F)c(Cl)nc2ncnn12.Cl. The number of nitrogens with zero attached hydrogens (tertiary/aromatic N) is 4. The summed E-state index contributed by atoms with van der Waals surface area (Å²) in [6, 6.07) is 2.30. The largest absolute Gasteiger partial charge is 0.367 e. The van der Waals surface area contributed by atoms with Gasteiger partial charge < -0.3 is 11.1 Å². The van der Waals surface area contributed by atoms with Crippen molar-refractivity contribution in [3.05, 3.63) is 40.8 Å². The molecular weight excluding hydrogens is 433 g/mol. The van der Waals surface area contributed by atoms with Crippen molar-refractivity contribution in [2.75, 3.05) is 11.9 Å². The fraction of sp³-hybridized carbons (Fsp3) is 0.350. The minimum absolute atomic E-state index is 0. The molecule has 0 saturated carbocycles. The van der Waals surface area contributed by atoms with Gasteiger partial charge in [0.05, 0.1) is 11.1 Å². The summed E-state index contributed by atoms with van der Waals surface area (Å²) in [6.07, 6.45) is 1.74. The smallest absolute Gasteiger partial charge is 0.255 e. The molecule has 2 aromatic heterocycles. The van der Waals surface area contributed by atoms with Gasteiger partial charge in [0.2, 0.25) is 0 Å². The lowest BCUT2D eigenvalue weighted by Crippen LogP contribution is -2.24. The lowest BCUT2D eigenvalue weighted by Gasteiger charge is -2.22. The van der Waals surface area contributed by atoms with Crippen LogP contribution >= 0.6 is 24.0 Å². The number of fused-ring (bicyclic) bond motifs is 1. The number of halogens is 4. The standard InChI is InChI=1S/C20H21ClF2N6.ClH/c1-11(2)12(3)27-19-17(18(21)28-20-25-10-26-29(19)20)16-14(22)8-13(9-15(16)23)6-4-5-7-24;/h8-12,27H,5,7,24H2,1-3H3;1H/t12-;/m1./s1. The van der Waals surface area contributed by atoms with E-state index in [-0.39, 0.29) is 52.0 Å². The highest BCUT2D eigenvalue weighted by atomic mass is 35.5. The first-order valence-corrected chi connectivity index (χ1v) is 9.55. The quantitative estimate of drug-likeness (QED) is 0.443. The van der Waals surface area contributed by atoms with E-state index in [0.29, 0.717) is 18.8 Å². The molecule has 6 nitrogen and oxygen atoms in total. The Hall–Kier alpha value is -2.47. The van der Waals surface area contributed by atoms with Gasteiger partial charge in [0.25, 0.3) is 5.78 Å². The summed E-state index contributed by atoms with van der Waals surface area (Å²) in [5.74, 6) is 4.65. The van der Waals surface area contributed by atoms with E-state index in [4.69, 9.17) is 17.3 Å². The zero-order valence-corrected chi connectivity index (χ0v) is 18.3. The molecule has 2 heterocycles. The Morgan fingerprint density at radius 1 is 1.20 bits per heavy atom. The molecule has 3 rings (SSSR count). The summed E-state index contributed by atoms with van der Waals surface area (Å²) in [4.78, 5) is 8.16. The normalized spacial score (nSPS) is 11.7. The molecule has 0 spiro atoms. The van der Waals surface area contributed by atoms with Gasteiger partial charge in [0.15, 0.2) is 0 Å². The molecular formula is C20H22Cl2F2N6. The molecule has 1 atom stereocenters. The summed E-state index contributed by atoms with van der Waals surface area (Å²) in [7, 11) is 0. The van der Waals surface area contributed by atoms with Gasteiger partial charge in [-0.25, -0.2) is 8.78 Å². The number of nitrogens with one attached hydrogen (secondary N) is 1. The van der Waals surface area contributed by atoms with E-state index < -0.39 is 11.6 Å². The first kappa shape index (κ1) is 23.8. The Morgan fingerprint density at radius 3 is 2.47 bits per heavy atom. The fourth-order valence-electron chi connectivity index (χ4n) is 2.67. The van der Waals surface area contributed by atoms with Gasteiger partial charge in [-0.3, -0.25) is 0 Å². The number of aromatic nitrogens is 4. The van der Waals surface area contributed by atoms with Crippen molar-refractivity contribution >= 4 is 35.6 Å². The molecule has 0 aliphatic carbocycles. The van der Waals surface area contributed by atoms with E-state index in [2.05, 4.69) is 32.2 Å². The topological polar surface area (TPSA) is 81.1 Å². The summed E-state index contributed by atoms with van der Waals surface area (Å²) in [5.41, 5.74) is 5.38. The molecule has 0 radical (unpaired) electrons. The van der Waals surface area contributed by atoms with Crippen LogP contribution in [0, 0.1) is 29.4 Å². The molecule has 0 fully saturated rings.